The van der Waals surface area contributed by atoms with Gasteiger partial charge in [-0.1, -0.05) is 18.2 Å². The number of nitrogen functional groups attached to an aromatic ring is 1. The lowest BCUT2D eigenvalue weighted by molar-refractivity contribution is 1.20. The smallest absolute Gasteiger partial charge is 0.123 e. The Hall–Kier alpha value is -2.23. The molecule has 0 amide bonds. The molecule has 0 aliphatic rings. The monoisotopic (exact) mass is 198 g/mol. The number of hydrogen-bond donors (Lipinski definition) is 1. The normalized spacial score (nSPS) is 10.7. The number of nitrogens with two attached hydrogens (primary N) is 1. The first-order chi connectivity index (χ1) is 7.34. The Balaban J connectivity index is 2.15. The number of benzene rings is 1. The van der Waals surface area contributed by atoms with Crippen molar-refractivity contribution in [1.82, 2.24) is 4.98 Å². The molecule has 0 radical (unpaired) electrons. The number of anilines is 1. The summed E-state index contributed by atoms with van der Waals surface area (Å²) in [6, 6.07) is 13.0. The van der Waals surface area contributed by atoms with Crippen molar-refractivity contribution in [2.75, 3.05) is 5.73 Å². The van der Waals surface area contributed by atoms with E-state index in [2.05, 4.69) is 15.2 Å². The first kappa shape index (κ1) is 9.33. The van der Waals surface area contributed by atoms with Gasteiger partial charge in [-0.05, 0) is 24.3 Å². The molecule has 4 nitrogen and oxygen atoms in total. The maximum absolute atomic E-state index is 5.45. The summed E-state index contributed by atoms with van der Waals surface area (Å²) in [6.07, 6.45) is 1.59. The molecule has 0 atom stereocenters. The SMILES string of the molecule is Nc1ccc(N=Nc2ccccc2)cn1. The molecule has 0 fully saturated rings. The zero-order valence-corrected chi connectivity index (χ0v) is 8.04. The molecule has 4 heteroatoms. The minimum Gasteiger partial charge on any atom is -0.384 e. The van der Waals surface area contributed by atoms with E-state index in [0.29, 0.717) is 11.5 Å². The number of rotatable bonds is 2. The Labute approximate surface area is 87.5 Å². The first-order valence-corrected chi connectivity index (χ1v) is 4.53. The topological polar surface area (TPSA) is 63.6 Å². The van der Waals surface area contributed by atoms with Crippen LogP contribution in [0.25, 0.3) is 0 Å². The molecule has 1 aromatic carbocycles. The van der Waals surface area contributed by atoms with Crippen LogP contribution in [-0.2, 0) is 0 Å². The Kier molecular flexibility index (Phi) is 2.69. The minimum atomic E-state index is 0.480. The lowest BCUT2D eigenvalue weighted by Gasteiger charge is -1.93. The molecule has 1 heterocycles. The van der Waals surface area contributed by atoms with Crippen LogP contribution in [0.1, 0.15) is 0 Å². The number of aromatic nitrogens is 1. The molecule has 15 heavy (non-hydrogen) atoms. The molecule has 74 valence electrons. The van der Waals surface area contributed by atoms with Gasteiger partial charge < -0.3 is 5.73 Å². The summed E-state index contributed by atoms with van der Waals surface area (Å²) in [5, 5.41) is 8.07. The van der Waals surface area contributed by atoms with Crippen molar-refractivity contribution in [1.29, 1.82) is 0 Å². The third-order valence-corrected chi connectivity index (χ3v) is 1.81. The highest BCUT2D eigenvalue weighted by atomic mass is 15.1. The predicted molar refractivity (Wildman–Crippen MR) is 59.3 cm³/mol. The van der Waals surface area contributed by atoms with Gasteiger partial charge >= 0.3 is 0 Å². The van der Waals surface area contributed by atoms with Crippen molar-refractivity contribution in [3.63, 3.8) is 0 Å². The van der Waals surface area contributed by atoms with E-state index in [1.54, 1.807) is 18.3 Å². The zero-order chi connectivity index (χ0) is 10.5. The summed E-state index contributed by atoms with van der Waals surface area (Å²) in [6.45, 7) is 0. The van der Waals surface area contributed by atoms with Crippen LogP contribution in [0.5, 0.6) is 0 Å². The lowest BCUT2D eigenvalue weighted by atomic mass is 10.3. The van der Waals surface area contributed by atoms with E-state index in [1.807, 2.05) is 30.3 Å². The van der Waals surface area contributed by atoms with Gasteiger partial charge in [-0.2, -0.15) is 5.11 Å². The van der Waals surface area contributed by atoms with E-state index < -0.39 is 0 Å². The summed E-state index contributed by atoms with van der Waals surface area (Å²) >= 11 is 0. The molecule has 0 aliphatic heterocycles. The minimum absolute atomic E-state index is 0.480. The maximum atomic E-state index is 5.45. The Morgan fingerprint density at radius 1 is 0.867 bits per heavy atom. The largest absolute Gasteiger partial charge is 0.384 e. The summed E-state index contributed by atoms with van der Waals surface area (Å²) in [7, 11) is 0. The highest BCUT2D eigenvalue weighted by molar-refractivity contribution is 5.41. The van der Waals surface area contributed by atoms with Crippen molar-refractivity contribution in [2.24, 2.45) is 10.2 Å². The summed E-state index contributed by atoms with van der Waals surface area (Å²) < 4.78 is 0. The molecule has 0 bridgehead atoms. The summed E-state index contributed by atoms with van der Waals surface area (Å²) in [5.41, 5.74) is 6.95. The van der Waals surface area contributed by atoms with Crippen LogP contribution in [0.3, 0.4) is 0 Å². The Morgan fingerprint density at radius 3 is 2.27 bits per heavy atom. The summed E-state index contributed by atoms with van der Waals surface area (Å²) in [5.74, 6) is 0.480. The second kappa shape index (κ2) is 4.32. The fourth-order valence-electron chi connectivity index (χ4n) is 1.07. The van der Waals surface area contributed by atoms with Gasteiger partial charge in [-0.25, -0.2) is 4.98 Å². The molecule has 0 unspecified atom stereocenters. The van der Waals surface area contributed by atoms with E-state index in [9.17, 15) is 0 Å². The molecule has 0 saturated heterocycles. The van der Waals surface area contributed by atoms with Gasteiger partial charge in [0, 0.05) is 0 Å². The van der Waals surface area contributed by atoms with Gasteiger partial charge in [0.1, 0.15) is 11.5 Å². The van der Waals surface area contributed by atoms with Gasteiger partial charge in [0.15, 0.2) is 0 Å². The van der Waals surface area contributed by atoms with Crippen LogP contribution in [0, 0.1) is 0 Å². The van der Waals surface area contributed by atoms with Crippen LogP contribution in [-0.4, -0.2) is 4.98 Å². The second-order valence-electron chi connectivity index (χ2n) is 2.98. The Morgan fingerprint density at radius 2 is 1.60 bits per heavy atom. The molecule has 2 N–H and O–H groups in total. The second-order valence-corrected chi connectivity index (χ2v) is 2.98. The zero-order valence-electron chi connectivity index (χ0n) is 8.04. The maximum Gasteiger partial charge on any atom is 0.123 e. The fourth-order valence-corrected chi connectivity index (χ4v) is 1.07. The van der Waals surface area contributed by atoms with E-state index in [-0.39, 0.29) is 0 Å². The third kappa shape index (κ3) is 2.60. The van der Waals surface area contributed by atoms with Crippen molar-refractivity contribution < 1.29 is 0 Å². The van der Waals surface area contributed by atoms with Gasteiger partial charge in [0.05, 0.1) is 11.9 Å². The van der Waals surface area contributed by atoms with Crippen molar-refractivity contribution in [2.45, 2.75) is 0 Å². The van der Waals surface area contributed by atoms with Crippen LogP contribution in [0.15, 0.2) is 58.9 Å². The van der Waals surface area contributed by atoms with Gasteiger partial charge in [0.2, 0.25) is 0 Å². The number of nitrogens with zero attached hydrogens (tertiary/aromatic N) is 3. The van der Waals surface area contributed by atoms with Crippen molar-refractivity contribution >= 4 is 17.2 Å². The average molecular weight is 198 g/mol. The van der Waals surface area contributed by atoms with Crippen molar-refractivity contribution in [3.8, 4) is 0 Å². The standard InChI is InChI=1S/C11H10N4/c12-11-7-6-10(8-13-11)15-14-9-4-2-1-3-5-9/h1-8H,(H2,12,13). The van der Waals surface area contributed by atoms with Crippen LogP contribution in [0.2, 0.25) is 0 Å². The molecule has 0 spiro atoms. The van der Waals surface area contributed by atoms with E-state index in [4.69, 9.17) is 5.73 Å². The number of azo groups is 1. The van der Waals surface area contributed by atoms with E-state index in [0.717, 1.165) is 5.69 Å². The third-order valence-electron chi connectivity index (χ3n) is 1.81. The molecule has 1 aromatic heterocycles. The summed E-state index contributed by atoms with van der Waals surface area (Å²) in [4.78, 5) is 3.92. The highest BCUT2D eigenvalue weighted by Crippen LogP contribution is 2.16. The quantitative estimate of drug-likeness (QED) is 0.753. The van der Waals surface area contributed by atoms with Gasteiger partial charge in [-0.3, -0.25) is 0 Å². The fraction of sp³-hybridized carbons (Fsp3) is 0. The van der Waals surface area contributed by atoms with Crippen LogP contribution < -0.4 is 5.73 Å². The lowest BCUT2D eigenvalue weighted by Crippen LogP contribution is -1.86. The molecule has 2 rings (SSSR count). The first-order valence-electron chi connectivity index (χ1n) is 4.53. The molecular formula is C11H10N4. The van der Waals surface area contributed by atoms with E-state index >= 15 is 0 Å². The van der Waals surface area contributed by atoms with E-state index in [1.165, 1.54) is 0 Å². The molecule has 2 aromatic rings. The number of pyridine rings is 1. The Bertz CT molecular complexity index is 448. The predicted octanol–water partition coefficient (Wildman–Crippen LogP) is 3.08. The van der Waals surface area contributed by atoms with Crippen LogP contribution >= 0.6 is 0 Å². The molecule has 0 saturated carbocycles. The van der Waals surface area contributed by atoms with Gasteiger partial charge in [0.25, 0.3) is 0 Å². The van der Waals surface area contributed by atoms with Crippen LogP contribution in [0.4, 0.5) is 17.2 Å². The average Bonchev–Trinajstić information content (AvgIpc) is 2.30. The number of hydrogen-bond acceptors (Lipinski definition) is 4. The molecular weight excluding hydrogens is 188 g/mol. The highest BCUT2D eigenvalue weighted by Gasteiger charge is 1.90. The van der Waals surface area contributed by atoms with Gasteiger partial charge in [-0.15, -0.1) is 5.11 Å². The van der Waals surface area contributed by atoms with Crippen molar-refractivity contribution in [3.05, 3.63) is 48.7 Å². The molecule has 0 aliphatic carbocycles.